The SMILES string of the molecule is C=CCSC(=O)N1C=CCN1Cc1ccccc1. The van der Waals surface area contributed by atoms with Crippen LogP contribution in [0.5, 0.6) is 0 Å². The lowest BCUT2D eigenvalue weighted by Gasteiger charge is -2.26. The van der Waals surface area contributed by atoms with Crippen molar-refractivity contribution in [1.29, 1.82) is 0 Å². The van der Waals surface area contributed by atoms with Gasteiger partial charge >= 0.3 is 0 Å². The van der Waals surface area contributed by atoms with E-state index in [2.05, 4.69) is 18.7 Å². The maximum absolute atomic E-state index is 12.0. The number of hydrogen-bond acceptors (Lipinski definition) is 3. The minimum Gasteiger partial charge on any atom is -0.260 e. The zero-order valence-corrected chi connectivity index (χ0v) is 11.0. The molecule has 0 radical (unpaired) electrons. The molecule has 0 aromatic heterocycles. The third kappa shape index (κ3) is 3.24. The van der Waals surface area contributed by atoms with Crippen molar-refractivity contribution in [3.63, 3.8) is 0 Å². The number of nitrogens with zero attached hydrogens (tertiary/aromatic N) is 2. The highest BCUT2D eigenvalue weighted by Crippen LogP contribution is 2.18. The monoisotopic (exact) mass is 260 g/mol. The van der Waals surface area contributed by atoms with Gasteiger partial charge in [0.2, 0.25) is 0 Å². The number of amides is 1. The Morgan fingerprint density at radius 1 is 1.39 bits per heavy atom. The predicted octanol–water partition coefficient (Wildman–Crippen LogP) is 3.27. The molecule has 1 amide bonds. The summed E-state index contributed by atoms with van der Waals surface area (Å²) in [7, 11) is 0. The van der Waals surface area contributed by atoms with Crippen LogP contribution in [0.2, 0.25) is 0 Å². The Morgan fingerprint density at radius 2 is 2.17 bits per heavy atom. The summed E-state index contributed by atoms with van der Waals surface area (Å²) < 4.78 is 0. The number of benzene rings is 1. The van der Waals surface area contributed by atoms with Crippen LogP contribution in [0.3, 0.4) is 0 Å². The van der Waals surface area contributed by atoms with E-state index in [1.165, 1.54) is 17.3 Å². The fourth-order valence-corrected chi connectivity index (χ4v) is 2.33. The number of carbonyl (C=O) groups excluding carboxylic acids is 1. The molecular formula is C14H16N2OS. The number of thioether (sulfide) groups is 1. The van der Waals surface area contributed by atoms with E-state index in [4.69, 9.17) is 0 Å². The maximum atomic E-state index is 12.0. The summed E-state index contributed by atoms with van der Waals surface area (Å²) in [6, 6.07) is 10.2. The molecule has 3 nitrogen and oxygen atoms in total. The number of hydrogen-bond donors (Lipinski definition) is 0. The lowest BCUT2D eigenvalue weighted by molar-refractivity contribution is 0.0889. The Morgan fingerprint density at radius 3 is 2.89 bits per heavy atom. The van der Waals surface area contributed by atoms with Gasteiger partial charge in [-0.1, -0.05) is 54.2 Å². The van der Waals surface area contributed by atoms with Crippen molar-refractivity contribution in [2.24, 2.45) is 0 Å². The first-order valence-electron chi connectivity index (χ1n) is 5.83. The fourth-order valence-electron chi connectivity index (χ4n) is 1.76. The minimum atomic E-state index is 0.0413. The Hall–Kier alpha value is -1.52. The van der Waals surface area contributed by atoms with Gasteiger partial charge in [0.05, 0.1) is 0 Å². The van der Waals surface area contributed by atoms with Gasteiger partial charge in [-0.05, 0) is 5.56 Å². The molecule has 1 aromatic rings. The molecule has 0 saturated heterocycles. The van der Waals surface area contributed by atoms with Gasteiger partial charge in [-0.2, -0.15) is 0 Å². The normalized spacial score (nSPS) is 15.0. The van der Waals surface area contributed by atoms with Crippen molar-refractivity contribution in [1.82, 2.24) is 10.0 Å². The lowest BCUT2D eigenvalue weighted by atomic mass is 10.2. The molecule has 1 aliphatic heterocycles. The van der Waals surface area contributed by atoms with Crippen molar-refractivity contribution in [2.75, 3.05) is 12.3 Å². The van der Waals surface area contributed by atoms with Crippen LogP contribution in [0.25, 0.3) is 0 Å². The Bertz CT molecular complexity index is 444. The topological polar surface area (TPSA) is 23.6 Å². The first-order chi connectivity index (χ1) is 8.81. The highest BCUT2D eigenvalue weighted by Gasteiger charge is 2.22. The molecule has 1 heterocycles. The van der Waals surface area contributed by atoms with Crippen molar-refractivity contribution in [2.45, 2.75) is 6.54 Å². The fraction of sp³-hybridized carbons (Fsp3) is 0.214. The second-order valence-electron chi connectivity index (χ2n) is 3.93. The van der Waals surface area contributed by atoms with Gasteiger partial charge in [-0.3, -0.25) is 4.79 Å². The Kier molecular flexibility index (Phi) is 4.61. The largest absolute Gasteiger partial charge is 0.300 e. The first-order valence-corrected chi connectivity index (χ1v) is 6.82. The van der Waals surface area contributed by atoms with Crippen LogP contribution < -0.4 is 0 Å². The molecule has 0 N–H and O–H groups in total. The van der Waals surface area contributed by atoms with E-state index in [0.29, 0.717) is 5.75 Å². The molecule has 18 heavy (non-hydrogen) atoms. The first kappa shape index (κ1) is 12.9. The van der Waals surface area contributed by atoms with Gasteiger partial charge < -0.3 is 0 Å². The van der Waals surface area contributed by atoms with Crippen molar-refractivity contribution >= 4 is 17.0 Å². The molecule has 0 spiro atoms. The third-order valence-corrected chi connectivity index (χ3v) is 3.42. The van der Waals surface area contributed by atoms with Crippen LogP contribution in [-0.4, -0.2) is 27.6 Å². The van der Waals surface area contributed by atoms with Gasteiger partial charge in [-0.15, -0.1) is 6.58 Å². The van der Waals surface area contributed by atoms with Gasteiger partial charge in [0.15, 0.2) is 0 Å². The maximum Gasteiger partial charge on any atom is 0.300 e. The highest BCUT2D eigenvalue weighted by molar-refractivity contribution is 8.13. The molecule has 0 saturated carbocycles. The molecule has 1 aliphatic rings. The van der Waals surface area contributed by atoms with E-state index in [-0.39, 0.29) is 5.24 Å². The quantitative estimate of drug-likeness (QED) is 0.776. The van der Waals surface area contributed by atoms with Gasteiger partial charge in [0.25, 0.3) is 5.24 Å². The van der Waals surface area contributed by atoms with Crippen LogP contribution in [0.1, 0.15) is 5.56 Å². The van der Waals surface area contributed by atoms with E-state index in [1.54, 1.807) is 11.1 Å². The van der Waals surface area contributed by atoms with Crippen LogP contribution in [0.4, 0.5) is 4.79 Å². The molecule has 0 aliphatic carbocycles. The molecule has 2 rings (SSSR count). The van der Waals surface area contributed by atoms with Gasteiger partial charge in [-0.25, -0.2) is 10.0 Å². The zero-order chi connectivity index (χ0) is 12.8. The van der Waals surface area contributed by atoms with Crippen molar-refractivity contribution in [3.05, 3.63) is 60.8 Å². The summed E-state index contributed by atoms with van der Waals surface area (Å²) in [6.45, 7) is 5.14. The standard InChI is InChI=1S/C14H16N2OS/c1-2-11-18-14(17)16-10-6-9-15(16)12-13-7-4-3-5-8-13/h2-8,10H,1,9,11-12H2. The molecule has 4 heteroatoms. The molecule has 0 fully saturated rings. The van der Waals surface area contributed by atoms with Crippen LogP contribution in [0, 0.1) is 0 Å². The molecule has 0 bridgehead atoms. The summed E-state index contributed by atoms with van der Waals surface area (Å²) >= 11 is 1.26. The summed E-state index contributed by atoms with van der Waals surface area (Å²) in [6.07, 6.45) is 5.57. The number of carbonyl (C=O) groups is 1. The average Bonchev–Trinajstić information content (AvgIpc) is 2.85. The smallest absolute Gasteiger partial charge is 0.260 e. The van der Waals surface area contributed by atoms with E-state index in [1.807, 2.05) is 35.5 Å². The molecule has 94 valence electrons. The van der Waals surface area contributed by atoms with E-state index in [0.717, 1.165) is 13.1 Å². The van der Waals surface area contributed by atoms with E-state index in [9.17, 15) is 4.79 Å². The van der Waals surface area contributed by atoms with Crippen LogP contribution in [0.15, 0.2) is 55.3 Å². The second-order valence-corrected chi connectivity index (χ2v) is 4.90. The van der Waals surface area contributed by atoms with Gasteiger partial charge in [0.1, 0.15) is 0 Å². The second kappa shape index (κ2) is 6.42. The van der Waals surface area contributed by atoms with E-state index >= 15 is 0 Å². The summed E-state index contributed by atoms with van der Waals surface area (Å²) in [5.74, 6) is 0.641. The Balaban J connectivity index is 1.96. The lowest BCUT2D eigenvalue weighted by Crippen LogP contribution is -2.37. The summed E-state index contributed by atoms with van der Waals surface area (Å²) in [5.41, 5.74) is 1.20. The number of hydrazine groups is 1. The summed E-state index contributed by atoms with van der Waals surface area (Å²) in [5, 5.41) is 3.74. The Labute approximate surface area is 112 Å². The molecular weight excluding hydrogens is 244 g/mol. The minimum absolute atomic E-state index is 0.0413. The van der Waals surface area contributed by atoms with Crippen molar-refractivity contribution in [3.8, 4) is 0 Å². The number of rotatable bonds is 4. The zero-order valence-electron chi connectivity index (χ0n) is 10.2. The highest BCUT2D eigenvalue weighted by atomic mass is 32.2. The van der Waals surface area contributed by atoms with Crippen LogP contribution in [-0.2, 0) is 6.54 Å². The van der Waals surface area contributed by atoms with Crippen LogP contribution >= 0.6 is 11.8 Å². The van der Waals surface area contributed by atoms with Gasteiger partial charge in [0, 0.05) is 25.0 Å². The predicted molar refractivity (Wildman–Crippen MR) is 75.9 cm³/mol. The summed E-state index contributed by atoms with van der Waals surface area (Å²) in [4.78, 5) is 12.0. The van der Waals surface area contributed by atoms with Crippen molar-refractivity contribution < 1.29 is 4.79 Å². The molecule has 0 unspecified atom stereocenters. The average molecular weight is 260 g/mol. The van der Waals surface area contributed by atoms with E-state index < -0.39 is 0 Å². The molecule has 1 aromatic carbocycles. The third-order valence-electron chi connectivity index (χ3n) is 2.59. The molecule has 0 atom stereocenters.